The summed E-state index contributed by atoms with van der Waals surface area (Å²) in [6, 6.07) is 4.02. The molecule has 0 N–H and O–H groups in total. The van der Waals surface area contributed by atoms with E-state index in [4.69, 9.17) is 0 Å². The summed E-state index contributed by atoms with van der Waals surface area (Å²) in [6.07, 6.45) is 3.60. The Morgan fingerprint density at radius 2 is 2.25 bits per heavy atom. The molecule has 0 aliphatic carbocycles. The van der Waals surface area contributed by atoms with Gasteiger partial charge in [-0.1, -0.05) is 0 Å². The average molecular weight is 223 g/mol. The van der Waals surface area contributed by atoms with Crippen LogP contribution in [0.2, 0.25) is 0 Å². The molecule has 0 aliphatic heterocycles. The zero-order chi connectivity index (χ0) is 8.55. The van der Waals surface area contributed by atoms with Crippen LogP contribution in [0, 0.1) is 6.92 Å². The van der Waals surface area contributed by atoms with Crippen molar-refractivity contribution >= 4 is 26.7 Å². The first-order valence-electron chi connectivity index (χ1n) is 3.64. The third-order valence-corrected chi connectivity index (χ3v) is 2.32. The number of aromatic nitrogens is 2. The Morgan fingerprint density at radius 3 is 3.08 bits per heavy atom. The molecule has 0 bridgehead atoms. The van der Waals surface area contributed by atoms with E-state index in [1.54, 1.807) is 6.20 Å². The Morgan fingerprint density at radius 1 is 1.42 bits per heavy atom. The molecule has 0 radical (unpaired) electrons. The van der Waals surface area contributed by atoms with Gasteiger partial charge in [-0.05, 0) is 40.4 Å². The highest BCUT2D eigenvalue weighted by molar-refractivity contribution is 9.10. The number of aryl methyl sites for hydroxylation is 1. The highest BCUT2D eigenvalue weighted by Gasteiger charge is 1.99. The number of pyridine rings is 2. The lowest BCUT2D eigenvalue weighted by Gasteiger charge is -1.99. The molecule has 0 saturated carbocycles. The molecule has 0 atom stereocenters. The van der Waals surface area contributed by atoms with Crippen molar-refractivity contribution in [2.24, 2.45) is 0 Å². The van der Waals surface area contributed by atoms with Crippen LogP contribution in [0.1, 0.15) is 5.69 Å². The van der Waals surface area contributed by atoms with Crippen LogP contribution in [0.5, 0.6) is 0 Å². The normalized spacial score (nSPS) is 10.5. The van der Waals surface area contributed by atoms with Crippen LogP contribution in [0.25, 0.3) is 10.8 Å². The summed E-state index contributed by atoms with van der Waals surface area (Å²) in [5, 5.41) is 2.23. The standard InChI is InChI=1S/C9H7BrN2/c1-6-4-7-2-3-11-5-8(7)9(10)12-6/h2-5H,1H3. The van der Waals surface area contributed by atoms with Crippen LogP contribution in [0.3, 0.4) is 0 Å². The van der Waals surface area contributed by atoms with E-state index in [-0.39, 0.29) is 0 Å². The molecule has 2 rings (SSSR count). The minimum absolute atomic E-state index is 0.866. The monoisotopic (exact) mass is 222 g/mol. The van der Waals surface area contributed by atoms with Crippen molar-refractivity contribution in [1.29, 1.82) is 0 Å². The van der Waals surface area contributed by atoms with Crippen LogP contribution < -0.4 is 0 Å². The number of halogens is 1. The third kappa shape index (κ3) is 1.20. The molecule has 0 unspecified atom stereocenters. The lowest BCUT2D eigenvalue weighted by atomic mass is 10.2. The third-order valence-electron chi connectivity index (χ3n) is 1.72. The molecule has 0 spiro atoms. The molecule has 0 aliphatic rings. The van der Waals surface area contributed by atoms with Crippen molar-refractivity contribution in [1.82, 2.24) is 9.97 Å². The van der Waals surface area contributed by atoms with Gasteiger partial charge in [0.05, 0.1) is 0 Å². The Bertz CT molecular complexity index is 426. The predicted octanol–water partition coefficient (Wildman–Crippen LogP) is 2.70. The summed E-state index contributed by atoms with van der Waals surface area (Å²) >= 11 is 3.40. The van der Waals surface area contributed by atoms with E-state index in [2.05, 4.69) is 25.9 Å². The number of hydrogen-bond donors (Lipinski definition) is 0. The van der Waals surface area contributed by atoms with Crippen LogP contribution in [0.4, 0.5) is 0 Å². The van der Waals surface area contributed by atoms with E-state index in [1.807, 2.05) is 25.3 Å². The van der Waals surface area contributed by atoms with Crippen LogP contribution in [-0.2, 0) is 0 Å². The van der Waals surface area contributed by atoms with E-state index in [9.17, 15) is 0 Å². The van der Waals surface area contributed by atoms with Crippen molar-refractivity contribution in [2.45, 2.75) is 6.92 Å². The predicted molar refractivity (Wildman–Crippen MR) is 52.0 cm³/mol. The van der Waals surface area contributed by atoms with Gasteiger partial charge in [-0.25, -0.2) is 4.98 Å². The highest BCUT2D eigenvalue weighted by atomic mass is 79.9. The maximum Gasteiger partial charge on any atom is 0.115 e. The fourth-order valence-electron chi connectivity index (χ4n) is 1.18. The average Bonchev–Trinajstić information content (AvgIpc) is 2.04. The van der Waals surface area contributed by atoms with Gasteiger partial charge in [0.15, 0.2) is 0 Å². The second kappa shape index (κ2) is 2.83. The maximum atomic E-state index is 4.28. The molecule has 12 heavy (non-hydrogen) atoms. The van der Waals surface area contributed by atoms with Crippen molar-refractivity contribution < 1.29 is 0 Å². The minimum atomic E-state index is 0.866. The fraction of sp³-hybridized carbons (Fsp3) is 0.111. The molecule has 2 aromatic rings. The van der Waals surface area contributed by atoms with Gasteiger partial charge in [-0.15, -0.1) is 0 Å². The van der Waals surface area contributed by atoms with Crippen LogP contribution in [0.15, 0.2) is 29.1 Å². The second-order valence-electron chi connectivity index (χ2n) is 2.65. The SMILES string of the molecule is Cc1cc2ccncc2c(Br)n1. The number of hydrogen-bond acceptors (Lipinski definition) is 2. The van der Waals surface area contributed by atoms with E-state index >= 15 is 0 Å². The molecule has 2 heterocycles. The number of fused-ring (bicyclic) bond motifs is 1. The van der Waals surface area contributed by atoms with E-state index in [0.29, 0.717) is 0 Å². The van der Waals surface area contributed by atoms with E-state index < -0.39 is 0 Å². The van der Waals surface area contributed by atoms with Gasteiger partial charge in [0.2, 0.25) is 0 Å². The molecule has 2 nitrogen and oxygen atoms in total. The molecule has 2 aromatic heterocycles. The highest BCUT2D eigenvalue weighted by Crippen LogP contribution is 2.21. The molecular formula is C9H7BrN2. The first-order chi connectivity index (χ1) is 5.77. The lowest BCUT2D eigenvalue weighted by molar-refractivity contribution is 1.19. The molecule has 60 valence electrons. The number of rotatable bonds is 0. The summed E-state index contributed by atoms with van der Waals surface area (Å²) < 4.78 is 0.866. The van der Waals surface area contributed by atoms with Gasteiger partial charge in [0.25, 0.3) is 0 Å². The Balaban J connectivity index is 2.89. The van der Waals surface area contributed by atoms with E-state index in [1.165, 1.54) is 5.39 Å². The van der Waals surface area contributed by atoms with Crippen molar-refractivity contribution in [3.05, 3.63) is 34.8 Å². The second-order valence-corrected chi connectivity index (χ2v) is 3.40. The van der Waals surface area contributed by atoms with E-state index in [0.717, 1.165) is 15.7 Å². The first-order valence-corrected chi connectivity index (χ1v) is 4.43. The zero-order valence-electron chi connectivity index (χ0n) is 6.58. The maximum absolute atomic E-state index is 4.28. The topological polar surface area (TPSA) is 25.8 Å². The molecule has 0 amide bonds. The number of nitrogens with zero attached hydrogens (tertiary/aromatic N) is 2. The smallest absolute Gasteiger partial charge is 0.115 e. The Hall–Kier alpha value is -0.960. The Kier molecular flexibility index (Phi) is 1.81. The minimum Gasteiger partial charge on any atom is -0.264 e. The fourth-order valence-corrected chi connectivity index (χ4v) is 1.79. The quantitative estimate of drug-likeness (QED) is 0.641. The van der Waals surface area contributed by atoms with Crippen molar-refractivity contribution in [3.63, 3.8) is 0 Å². The zero-order valence-corrected chi connectivity index (χ0v) is 8.17. The largest absolute Gasteiger partial charge is 0.264 e. The van der Waals surface area contributed by atoms with Gasteiger partial charge in [0.1, 0.15) is 4.60 Å². The molecule has 0 fully saturated rings. The summed E-state index contributed by atoms with van der Waals surface area (Å²) in [5.41, 5.74) is 1.01. The van der Waals surface area contributed by atoms with Crippen molar-refractivity contribution in [2.75, 3.05) is 0 Å². The van der Waals surface area contributed by atoms with Gasteiger partial charge in [-0.3, -0.25) is 4.98 Å². The molecule has 0 aromatic carbocycles. The summed E-state index contributed by atoms with van der Waals surface area (Å²) in [6.45, 7) is 1.98. The molecular weight excluding hydrogens is 216 g/mol. The summed E-state index contributed by atoms with van der Waals surface area (Å²) in [4.78, 5) is 8.31. The summed E-state index contributed by atoms with van der Waals surface area (Å²) in [7, 11) is 0. The Labute approximate surface area is 78.8 Å². The molecule has 3 heteroatoms. The van der Waals surface area contributed by atoms with Gasteiger partial charge in [-0.2, -0.15) is 0 Å². The van der Waals surface area contributed by atoms with Gasteiger partial charge >= 0.3 is 0 Å². The molecule has 0 saturated heterocycles. The van der Waals surface area contributed by atoms with Crippen LogP contribution in [-0.4, -0.2) is 9.97 Å². The lowest BCUT2D eigenvalue weighted by Crippen LogP contribution is -1.84. The van der Waals surface area contributed by atoms with Crippen molar-refractivity contribution in [3.8, 4) is 0 Å². The van der Waals surface area contributed by atoms with Gasteiger partial charge < -0.3 is 0 Å². The summed E-state index contributed by atoms with van der Waals surface area (Å²) in [5.74, 6) is 0. The van der Waals surface area contributed by atoms with Crippen LogP contribution >= 0.6 is 15.9 Å². The van der Waals surface area contributed by atoms with Gasteiger partial charge in [0, 0.05) is 23.5 Å². The first kappa shape index (κ1) is 7.68.